The lowest BCUT2D eigenvalue weighted by molar-refractivity contribution is -0.137. The number of imidazole rings is 1. The molecule has 2 fully saturated rings. The van der Waals surface area contributed by atoms with Gasteiger partial charge in [-0.1, -0.05) is 0 Å². The molecule has 0 radical (unpaired) electrons. The number of halogens is 5. The smallest absolute Gasteiger partial charge is 0.416 e. The Labute approximate surface area is 247 Å². The number of pyridine rings is 1. The summed E-state index contributed by atoms with van der Waals surface area (Å²) in [5.74, 6) is -3.47. The molecule has 6 rings (SSSR count). The second-order valence-corrected chi connectivity index (χ2v) is 10.6. The van der Waals surface area contributed by atoms with Crippen molar-refractivity contribution in [1.82, 2.24) is 24.3 Å². The summed E-state index contributed by atoms with van der Waals surface area (Å²) in [5, 5.41) is 2.18. The van der Waals surface area contributed by atoms with Gasteiger partial charge in [0, 0.05) is 36.7 Å². The van der Waals surface area contributed by atoms with Crippen molar-refractivity contribution in [2.45, 2.75) is 50.7 Å². The Balaban J connectivity index is 1.42. The quantitative estimate of drug-likeness (QED) is 0.286. The molecule has 2 aliphatic heterocycles. The van der Waals surface area contributed by atoms with E-state index in [0.29, 0.717) is 31.9 Å². The number of carbonyl (C=O) groups is 2. The number of aromatic nitrogens is 4. The molecule has 2 amide bonds. The van der Waals surface area contributed by atoms with E-state index < -0.39 is 40.8 Å². The van der Waals surface area contributed by atoms with Gasteiger partial charge in [-0.15, -0.1) is 0 Å². The predicted octanol–water partition coefficient (Wildman–Crippen LogP) is 5.19. The zero-order valence-electron chi connectivity index (χ0n) is 23.3. The van der Waals surface area contributed by atoms with E-state index in [0.717, 1.165) is 37.0 Å². The number of amides is 2. The number of carbonyl (C=O) groups excluding carboxylic acids is 2. The van der Waals surface area contributed by atoms with E-state index >= 15 is 8.78 Å². The molecular formula is C29H26F5N7O3. The van der Waals surface area contributed by atoms with Crippen molar-refractivity contribution in [3.8, 4) is 17.0 Å². The topological polar surface area (TPSA) is 128 Å². The maximum atomic E-state index is 15.6. The molecule has 5 heterocycles. The Morgan fingerprint density at radius 3 is 2.70 bits per heavy atom. The summed E-state index contributed by atoms with van der Waals surface area (Å²) in [5.41, 5.74) is 4.76. The fourth-order valence-electron chi connectivity index (χ4n) is 5.92. The molecule has 0 spiro atoms. The van der Waals surface area contributed by atoms with Crippen LogP contribution in [0.4, 0.5) is 33.6 Å². The molecule has 0 bridgehead atoms. The molecule has 3 aromatic heterocycles. The molecule has 3 N–H and O–H groups in total. The first-order valence-electron chi connectivity index (χ1n) is 13.9. The van der Waals surface area contributed by atoms with Crippen LogP contribution in [0.1, 0.15) is 60.3 Å². The minimum absolute atomic E-state index is 0.00954. The van der Waals surface area contributed by atoms with Crippen LogP contribution in [0, 0.1) is 11.8 Å². The lowest BCUT2D eigenvalue weighted by Gasteiger charge is -2.34. The number of nitrogen functional groups attached to an aromatic ring is 1. The standard InChI is InChI=1S/C29H26F5N7O3/c1-2-44-20-11-17(28(43)38-22-9-15(7-8-36-22)29(32,33)34)19(30)10-18(20)24-25-26(35)37-12-21(31)41(25)27(39-24)14-3-4-16-5-6-23(42)40(16)13-14/h7-12,14,16H,2-6,13H2,1H3,(H2,35,37)(H,36,38,43)/t14-,16+/m1/s1. The number of anilines is 2. The summed E-state index contributed by atoms with van der Waals surface area (Å²) in [7, 11) is 0. The summed E-state index contributed by atoms with van der Waals surface area (Å²) < 4.78 is 77.2. The van der Waals surface area contributed by atoms with Gasteiger partial charge in [-0.05, 0) is 50.5 Å². The first-order valence-corrected chi connectivity index (χ1v) is 13.9. The Morgan fingerprint density at radius 1 is 1.16 bits per heavy atom. The van der Waals surface area contributed by atoms with Gasteiger partial charge in [0.15, 0.2) is 0 Å². The third-order valence-electron chi connectivity index (χ3n) is 7.95. The third kappa shape index (κ3) is 5.15. The predicted molar refractivity (Wildman–Crippen MR) is 148 cm³/mol. The SMILES string of the molecule is CCOc1cc(C(=O)Nc2cc(C(F)(F)F)ccn2)c(F)cc1-c1nc([C@@H]2CC[C@H]3CCC(=O)N3C2)n2c(F)cnc(N)c12. The number of ether oxygens (including phenoxy) is 1. The number of nitrogens with one attached hydrogen (secondary N) is 1. The first-order chi connectivity index (χ1) is 21.0. The van der Waals surface area contributed by atoms with E-state index in [4.69, 9.17) is 15.5 Å². The summed E-state index contributed by atoms with van der Waals surface area (Å²) in [6.07, 6.45) is -0.292. The summed E-state index contributed by atoms with van der Waals surface area (Å²) in [6.45, 7) is 2.06. The molecule has 4 aromatic rings. The highest BCUT2D eigenvalue weighted by Gasteiger charge is 2.39. The second-order valence-electron chi connectivity index (χ2n) is 10.6. The van der Waals surface area contributed by atoms with Crippen molar-refractivity contribution < 1.29 is 36.3 Å². The lowest BCUT2D eigenvalue weighted by Crippen LogP contribution is -2.41. The summed E-state index contributed by atoms with van der Waals surface area (Å²) in [4.78, 5) is 39.6. The fraction of sp³-hybridized carbons (Fsp3) is 0.345. The van der Waals surface area contributed by atoms with Gasteiger partial charge in [0.1, 0.15) is 40.2 Å². The molecule has 2 saturated heterocycles. The van der Waals surface area contributed by atoms with Gasteiger partial charge in [-0.3, -0.25) is 14.0 Å². The Morgan fingerprint density at radius 2 is 1.95 bits per heavy atom. The highest BCUT2D eigenvalue weighted by atomic mass is 19.4. The van der Waals surface area contributed by atoms with Crippen LogP contribution >= 0.6 is 0 Å². The Bertz CT molecular complexity index is 1790. The van der Waals surface area contributed by atoms with Gasteiger partial charge < -0.3 is 20.7 Å². The molecule has 1 aromatic carbocycles. The van der Waals surface area contributed by atoms with E-state index in [-0.39, 0.29) is 58.6 Å². The number of hydrogen-bond donors (Lipinski definition) is 2. The van der Waals surface area contributed by atoms with E-state index in [9.17, 15) is 22.8 Å². The number of nitrogens with zero attached hydrogens (tertiary/aromatic N) is 5. The van der Waals surface area contributed by atoms with Crippen molar-refractivity contribution in [2.24, 2.45) is 0 Å². The van der Waals surface area contributed by atoms with Gasteiger partial charge in [-0.2, -0.15) is 17.6 Å². The van der Waals surface area contributed by atoms with E-state index in [1.807, 2.05) is 0 Å². The van der Waals surface area contributed by atoms with Gasteiger partial charge in [0.2, 0.25) is 11.9 Å². The molecule has 2 atom stereocenters. The monoisotopic (exact) mass is 615 g/mol. The van der Waals surface area contributed by atoms with Crippen LogP contribution in [-0.4, -0.2) is 55.3 Å². The fourth-order valence-corrected chi connectivity index (χ4v) is 5.92. The zero-order chi connectivity index (χ0) is 31.3. The van der Waals surface area contributed by atoms with Crippen LogP contribution in [-0.2, 0) is 11.0 Å². The van der Waals surface area contributed by atoms with Crippen LogP contribution in [0.2, 0.25) is 0 Å². The second kappa shape index (κ2) is 11.0. The van der Waals surface area contributed by atoms with Crippen LogP contribution in [0.15, 0.2) is 36.7 Å². The average molecular weight is 616 g/mol. The summed E-state index contributed by atoms with van der Waals surface area (Å²) >= 11 is 0. The summed E-state index contributed by atoms with van der Waals surface area (Å²) in [6, 6.07) is 3.54. The molecule has 0 aliphatic carbocycles. The molecule has 44 heavy (non-hydrogen) atoms. The van der Waals surface area contributed by atoms with Crippen molar-refractivity contribution in [3.63, 3.8) is 0 Å². The molecule has 2 aliphatic rings. The molecule has 0 unspecified atom stereocenters. The van der Waals surface area contributed by atoms with Crippen molar-refractivity contribution in [3.05, 3.63) is 65.4 Å². The number of rotatable bonds is 6. The van der Waals surface area contributed by atoms with Crippen LogP contribution in [0.3, 0.4) is 0 Å². The maximum absolute atomic E-state index is 15.6. The normalized spacial score (nSPS) is 18.5. The largest absolute Gasteiger partial charge is 0.493 e. The lowest BCUT2D eigenvalue weighted by atomic mass is 9.92. The number of benzene rings is 1. The maximum Gasteiger partial charge on any atom is 0.416 e. The number of alkyl halides is 3. The number of nitrogens with two attached hydrogens (primary N) is 1. The highest BCUT2D eigenvalue weighted by molar-refractivity contribution is 6.05. The van der Waals surface area contributed by atoms with Gasteiger partial charge in [0.05, 0.1) is 23.9 Å². The van der Waals surface area contributed by atoms with Crippen molar-refractivity contribution >= 4 is 29.0 Å². The molecule has 230 valence electrons. The first kappa shape index (κ1) is 29.3. The minimum atomic E-state index is -4.68. The van der Waals surface area contributed by atoms with Crippen LogP contribution < -0.4 is 15.8 Å². The molecular weight excluding hydrogens is 589 g/mol. The van der Waals surface area contributed by atoms with E-state index in [1.54, 1.807) is 11.8 Å². The van der Waals surface area contributed by atoms with Gasteiger partial charge >= 0.3 is 6.18 Å². The Kier molecular flexibility index (Phi) is 7.33. The Hall–Kier alpha value is -4.82. The molecule has 10 nitrogen and oxygen atoms in total. The van der Waals surface area contributed by atoms with Crippen LogP contribution in [0.5, 0.6) is 5.75 Å². The number of fused-ring (bicyclic) bond motifs is 2. The number of piperidine rings is 1. The van der Waals surface area contributed by atoms with Crippen molar-refractivity contribution in [1.29, 1.82) is 0 Å². The van der Waals surface area contributed by atoms with Crippen LogP contribution in [0.25, 0.3) is 16.8 Å². The average Bonchev–Trinajstić information content (AvgIpc) is 3.57. The molecule has 0 saturated carbocycles. The number of hydrogen-bond acceptors (Lipinski definition) is 7. The zero-order valence-corrected chi connectivity index (χ0v) is 23.3. The van der Waals surface area contributed by atoms with Gasteiger partial charge in [0.25, 0.3) is 5.91 Å². The van der Waals surface area contributed by atoms with E-state index in [1.165, 1.54) is 4.40 Å². The highest BCUT2D eigenvalue weighted by Crippen LogP contribution is 2.41. The van der Waals surface area contributed by atoms with Gasteiger partial charge in [-0.25, -0.2) is 19.3 Å². The molecule has 15 heteroatoms. The minimum Gasteiger partial charge on any atom is -0.493 e. The van der Waals surface area contributed by atoms with Crippen molar-refractivity contribution in [2.75, 3.05) is 24.2 Å². The van der Waals surface area contributed by atoms with E-state index in [2.05, 4.69) is 15.3 Å². The third-order valence-corrected chi connectivity index (χ3v) is 7.95.